The summed E-state index contributed by atoms with van der Waals surface area (Å²) in [5.74, 6) is -0.250. The van der Waals surface area contributed by atoms with E-state index in [2.05, 4.69) is 29.5 Å². The summed E-state index contributed by atoms with van der Waals surface area (Å²) < 4.78 is 0. The lowest BCUT2D eigenvalue weighted by Gasteiger charge is -2.13. The predicted octanol–water partition coefficient (Wildman–Crippen LogP) is 4.51. The van der Waals surface area contributed by atoms with Crippen LogP contribution in [0.5, 0.6) is 0 Å². The largest absolute Gasteiger partial charge is 0.381 e. The van der Waals surface area contributed by atoms with Crippen LogP contribution in [-0.4, -0.2) is 16.9 Å². The van der Waals surface area contributed by atoms with Gasteiger partial charge in [-0.25, -0.2) is 4.98 Å². The van der Waals surface area contributed by atoms with Crippen LogP contribution in [0.2, 0.25) is 5.02 Å². The molecule has 116 valence electrons. The average Bonchev–Trinajstić information content (AvgIpc) is 2.52. The number of nitrogens with zero attached hydrogens (tertiary/aromatic N) is 1. The van der Waals surface area contributed by atoms with Gasteiger partial charge in [0.2, 0.25) is 0 Å². The van der Waals surface area contributed by atoms with Crippen molar-refractivity contribution in [2.24, 2.45) is 0 Å². The van der Waals surface area contributed by atoms with E-state index in [9.17, 15) is 4.79 Å². The lowest BCUT2D eigenvalue weighted by atomic mass is 10.2. The highest BCUT2D eigenvalue weighted by molar-refractivity contribution is 6.31. The molecule has 1 atom stereocenters. The zero-order valence-electron chi connectivity index (χ0n) is 13.0. The van der Waals surface area contributed by atoms with Crippen molar-refractivity contribution in [3.8, 4) is 0 Å². The quantitative estimate of drug-likeness (QED) is 0.853. The lowest BCUT2D eigenvalue weighted by molar-refractivity contribution is 0.102. The highest BCUT2D eigenvalue weighted by Crippen LogP contribution is 2.23. The second-order valence-corrected chi connectivity index (χ2v) is 5.66. The third-order valence-electron chi connectivity index (χ3n) is 3.54. The number of hydrogen-bond donors (Lipinski definition) is 2. The number of halogens is 1. The van der Waals surface area contributed by atoms with Gasteiger partial charge in [-0.3, -0.25) is 4.79 Å². The number of carbonyl (C=O) groups excluding carboxylic acids is 1. The molecule has 22 heavy (non-hydrogen) atoms. The third kappa shape index (κ3) is 3.98. The summed E-state index contributed by atoms with van der Waals surface area (Å²) in [7, 11) is 0. The molecule has 0 aliphatic carbocycles. The van der Waals surface area contributed by atoms with E-state index in [1.54, 1.807) is 24.4 Å². The number of anilines is 2. The summed E-state index contributed by atoms with van der Waals surface area (Å²) in [6.45, 7) is 6.08. The maximum Gasteiger partial charge on any atom is 0.274 e. The standard InChI is InChI=1S/C17H20ClN3O/c1-4-11(2)20-13-8-9-16(19-10-13)17(22)21-15-7-5-6-14(18)12(15)3/h5-11,20H,4H2,1-3H3,(H,21,22). The van der Waals surface area contributed by atoms with Gasteiger partial charge in [0, 0.05) is 16.8 Å². The van der Waals surface area contributed by atoms with Gasteiger partial charge in [0.05, 0.1) is 11.9 Å². The Hall–Kier alpha value is -2.07. The number of benzene rings is 1. The number of rotatable bonds is 5. The van der Waals surface area contributed by atoms with Gasteiger partial charge >= 0.3 is 0 Å². The fraction of sp³-hybridized carbons (Fsp3) is 0.294. The van der Waals surface area contributed by atoms with Crippen LogP contribution >= 0.6 is 11.6 Å². The summed E-state index contributed by atoms with van der Waals surface area (Å²) in [6, 6.07) is 9.35. The van der Waals surface area contributed by atoms with Crippen LogP contribution in [0.1, 0.15) is 36.3 Å². The molecule has 1 aromatic heterocycles. The molecule has 0 saturated carbocycles. The van der Waals surface area contributed by atoms with Crippen molar-refractivity contribution in [3.05, 3.63) is 52.8 Å². The van der Waals surface area contributed by atoms with Crippen molar-refractivity contribution in [2.75, 3.05) is 10.6 Å². The smallest absolute Gasteiger partial charge is 0.274 e. The summed E-state index contributed by atoms with van der Waals surface area (Å²) in [6.07, 6.45) is 2.70. The van der Waals surface area contributed by atoms with Crippen molar-refractivity contribution in [1.29, 1.82) is 0 Å². The van der Waals surface area contributed by atoms with E-state index in [4.69, 9.17) is 11.6 Å². The second-order valence-electron chi connectivity index (χ2n) is 5.25. The van der Waals surface area contributed by atoms with E-state index in [1.165, 1.54) is 0 Å². The fourth-order valence-corrected chi connectivity index (χ4v) is 2.10. The van der Waals surface area contributed by atoms with Gasteiger partial charge in [0.25, 0.3) is 5.91 Å². The molecule has 0 bridgehead atoms. The van der Waals surface area contributed by atoms with Crippen LogP contribution < -0.4 is 10.6 Å². The number of carbonyl (C=O) groups is 1. The molecular formula is C17H20ClN3O. The minimum Gasteiger partial charge on any atom is -0.381 e. The first kappa shape index (κ1) is 16.3. The Kier molecular flexibility index (Phi) is 5.39. The van der Waals surface area contributed by atoms with Crippen LogP contribution in [0.3, 0.4) is 0 Å². The number of hydrogen-bond acceptors (Lipinski definition) is 3. The van der Waals surface area contributed by atoms with E-state index >= 15 is 0 Å². The van der Waals surface area contributed by atoms with Gasteiger partial charge < -0.3 is 10.6 Å². The van der Waals surface area contributed by atoms with Gasteiger partial charge in [-0.15, -0.1) is 0 Å². The predicted molar refractivity (Wildman–Crippen MR) is 91.8 cm³/mol. The molecule has 2 rings (SSSR count). The average molecular weight is 318 g/mol. The molecule has 0 radical (unpaired) electrons. The monoisotopic (exact) mass is 317 g/mol. The summed E-state index contributed by atoms with van der Waals surface area (Å²) in [5.41, 5.74) is 2.81. The SMILES string of the molecule is CCC(C)Nc1ccc(C(=O)Nc2cccc(Cl)c2C)nc1. The van der Waals surface area contributed by atoms with Gasteiger partial charge in [-0.05, 0) is 50.1 Å². The van der Waals surface area contributed by atoms with Gasteiger partial charge in [-0.1, -0.05) is 24.6 Å². The normalized spacial score (nSPS) is 11.8. The van der Waals surface area contributed by atoms with E-state index in [-0.39, 0.29) is 5.91 Å². The van der Waals surface area contributed by atoms with Crippen LogP contribution in [0.25, 0.3) is 0 Å². The number of nitrogens with one attached hydrogen (secondary N) is 2. The summed E-state index contributed by atoms with van der Waals surface area (Å²) >= 11 is 6.05. The Morgan fingerprint density at radius 1 is 1.32 bits per heavy atom. The number of amides is 1. The molecule has 1 amide bonds. The van der Waals surface area contributed by atoms with Gasteiger partial charge in [0.15, 0.2) is 0 Å². The minimum atomic E-state index is -0.250. The van der Waals surface area contributed by atoms with E-state index in [0.717, 1.165) is 17.7 Å². The van der Waals surface area contributed by atoms with E-state index < -0.39 is 0 Å². The van der Waals surface area contributed by atoms with Crippen LogP contribution in [0.15, 0.2) is 36.5 Å². The highest BCUT2D eigenvalue weighted by Gasteiger charge is 2.10. The first-order valence-corrected chi connectivity index (χ1v) is 7.68. The molecular weight excluding hydrogens is 298 g/mol. The molecule has 0 fully saturated rings. The van der Waals surface area contributed by atoms with Crippen LogP contribution in [0.4, 0.5) is 11.4 Å². The Balaban J connectivity index is 2.08. The lowest BCUT2D eigenvalue weighted by Crippen LogP contribution is -2.16. The topological polar surface area (TPSA) is 54.0 Å². The van der Waals surface area contributed by atoms with Crippen LogP contribution in [0, 0.1) is 6.92 Å². The molecule has 1 aromatic carbocycles. The van der Waals surface area contributed by atoms with Crippen molar-refractivity contribution in [2.45, 2.75) is 33.2 Å². The molecule has 0 aliphatic rings. The molecule has 1 unspecified atom stereocenters. The van der Waals surface area contributed by atoms with Gasteiger partial charge in [-0.2, -0.15) is 0 Å². The Morgan fingerprint density at radius 3 is 2.73 bits per heavy atom. The summed E-state index contributed by atoms with van der Waals surface area (Å²) in [4.78, 5) is 16.4. The molecule has 0 aliphatic heterocycles. The van der Waals surface area contributed by atoms with Crippen molar-refractivity contribution >= 4 is 28.9 Å². The molecule has 0 saturated heterocycles. The van der Waals surface area contributed by atoms with Crippen molar-refractivity contribution in [3.63, 3.8) is 0 Å². The van der Waals surface area contributed by atoms with Gasteiger partial charge in [0.1, 0.15) is 5.69 Å². The number of aromatic nitrogens is 1. The summed E-state index contributed by atoms with van der Waals surface area (Å²) in [5, 5.41) is 6.77. The second kappa shape index (κ2) is 7.27. The molecule has 0 spiro atoms. The molecule has 1 heterocycles. The fourth-order valence-electron chi connectivity index (χ4n) is 1.93. The maximum absolute atomic E-state index is 12.2. The number of pyridine rings is 1. The Morgan fingerprint density at radius 2 is 2.09 bits per heavy atom. The van der Waals surface area contributed by atoms with E-state index in [0.29, 0.717) is 22.4 Å². The maximum atomic E-state index is 12.2. The minimum absolute atomic E-state index is 0.250. The highest BCUT2D eigenvalue weighted by atomic mass is 35.5. The first-order valence-electron chi connectivity index (χ1n) is 7.30. The molecule has 2 aromatic rings. The zero-order chi connectivity index (χ0) is 16.1. The van der Waals surface area contributed by atoms with Crippen molar-refractivity contribution < 1.29 is 4.79 Å². The molecule has 2 N–H and O–H groups in total. The Labute approximate surface area is 135 Å². The van der Waals surface area contributed by atoms with Crippen LogP contribution in [-0.2, 0) is 0 Å². The van der Waals surface area contributed by atoms with E-state index in [1.807, 2.05) is 19.1 Å². The third-order valence-corrected chi connectivity index (χ3v) is 3.95. The van der Waals surface area contributed by atoms with Crippen molar-refractivity contribution in [1.82, 2.24) is 4.98 Å². The molecule has 5 heteroatoms. The first-order chi connectivity index (χ1) is 10.5. The molecule has 4 nitrogen and oxygen atoms in total. The zero-order valence-corrected chi connectivity index (χ0v) is 13.7. The Bertz CT molecular complexity index is 655.